The van der Waals surface area contributed by atoms with Crippen molar-refractivity contribution in [2.75, 3.05) is 31.6 Å². The maximum absolute atomic E-state index is 6.16. The molecule has 1 aromatic rings. The lowest BCUT2D eigenvalue weighted by Crippen LogP contribution is -2.46. The van der Waals surface area contributed by atoms with Crippen LogP contribution in [0.1, 0.15) is 43.9 Å². The van der Waals surface area contributed by atoms with Gasteiger partial charge in [-0.2, -0.15) is 0 Å². The first kappa shape index (κ1) is 14.9. The average Bonchev–Trinajstić information content (AvgIpc) is 2.85. The van der Waals surface area contributed by atoms with Crippen molar-refractivity contribution in [3.05, 3.63) is 29.3 Å². The molecule has 3 heteroatoms. The molecule has 1 saturated heterocycles. The maximum Gasteiger partial charge on any atom is 0.0473 e. The number of anilines is 1. The van der Waals surface area contributed by atoms with Gasteiger partial charge in [0.15, 0.2) is 0 Å². The summed E-state index contributed by atoms with van der Waals surface area (Å²) < 4.78 is 0. The van der Waals surface area contributed by atoms with Crippen molar-refractivity contribution in [2.45, 2.75) is 45.2 Å². The molecular weight excluding hydrogens is 258 g/mol. The van der Waals surface area contributed by atoms with E-state index in [0.29, 0.717) is 18.6 Å². The molecule has 0 spiro atoms. The van der Waals surface area contributed by atoms with E-state index >= 15 is 0 Å². The Bertz CT molecular complexity index is 499. The van der Waals surface area contributed by atoms with Gasteiger partial charge >= 0.3 is 0 Å². The second-order valence-electron chi connectivity index (χ2n) is 6.91. The SMILES string of the molecule is CC1CCCN(C(CN)c2ccc3c(c2)CCN3C)C1C. The average molecular weight is 287 g/mol. The summed E-state index contributed by atoms with van der Waals surface area (Å²) in [4.78, 5) is 4.98. The Morgan fingerprint density at radius 3 is 2.86 bits per heavy atom. The number of likely N-dealkylation sites (N-methyl/N-ethyl adjacent to an activating group) is 1. The van der Waals surface area contributed by atoms with E-state index in [1.54, 1.807) is 0 Å². The summed E-state index contributed by atoms with van der Waals surface area (Å²) in [6, 6.07) is 7.99. The van der Waals surface area contributed by atoms with Gasteiger partial charge in [0, 0.05) is 37.9 Å². The molecule has 21 heavy (non-hydrogen) atoms. The molecule has 3 atom stereocenters. The fraction of sp³-hybridized carbons (Fsp3) is 0.667. The van der Waals surface area contributed by atoms with E-state index in [-0.39, 0.29) is 0 Å². The number of nitrogens with zero attached hydrogens (tertiary/aromatic N) is 2. The molecule has 3 rings (SSSR count). The molecule has 2 heterocycles. The molecule has 2 aliphatic heterocycles. The van der Waals surface area contributed by atoms with Crippen LogP contribution in [0.25, 0.3) is 0 Å². The minimum Gasteiger partial charge on any atom is -0.374 e. The highest BCUT2D eigenvalue weighted by Gasteiger charge is 2.31. The van der Waals surface area contributed by atoms with Crippen LogP contribution in [0, 0.1) is 5.92 Å². The predicted molar refractivity (Wildman–Crippen MR) is 89.8 cm³/mol. The van der Waals surface area contributed by atoms with Gasteiger partial charge in [0.25, 0.3) is 0 Å². The summed E-state index contributed by atoms with van der Waals surface area (Å²) in [6.07, 6.45) is 3.82. The van der Waals surface area contributed by atoms with E-state index in [0.717, 1.165) is 12.5 Å². The lowest BCUT2D eigenvalue weighted by Gasteiger charge is -2.43. The molecule has 0 aromatic heterocycles. The standard InChI is InChI=1S/C18H29N3/c1-13-5-4-9-21(14(13)2)18(12-19)15-6-7-17-16(11-15)8-10-20(17)3/h6-7,11,13-14,18H,4-5,8-10,12,19H2,1-3H3. The summed E-state index contributed by atoms with van der Waals surface area (Å²) in [6.45, 7) is 7.79. The summed E-state index contributed by atoms with van der Waals surface area (Å²) in [5, 5.41) is 0. The molecule has 3 nitrogen and oxygen atoms in total. The second-order valence-corrected chi connectivity index (χ2v) is 6.91. The number of rotatable bonds is 3. The number of nitrogens with two attached hydrogens (primary N) is 1. The quantitative estimate of drug-likeness (QED) is 0.928. The summed E-state index contributed by atoms with van der Waals surface area (Å²) >= 11 is 0. The van der Waals surface area contributed by atoms with Crippen LogP contribution in [-0.2, 0) is 6.42 Å². The molecule has 1 aromatic carbocycles. The molecule has 0 bridgehead atoms. The van der Waals surface area contributed by atoms with Gasteiger partial charge in [0.05, 0.1) is 0 Å². The van der Waals surface area contributed by atoms with Crippen LogP contribution in [0.15, 0.2) is 18.2 Å². The van der Waals surface area contributed by atoms with E-state index in [1.165, 1.54) is 42.6 Å². The Hall–Kier alpha value is -1.06. The highest BCUT2D eigenvalue weighted by Crippen LogP contribution is 2.34. The first-order valence-electron chi connectivity index (χ1n) is 8.41. The van der Waals surface area contributed by atoms with Gasteiger partial charge in [-0.15, -0.1) is 0 Å². The minimum absolute atomic E-state index is 0.374. The van der Waals surface area contributed by atoms with Crippen molar-refractivity contribution in [3.8, 4) is 0 Å². The Labute approximate surface area is 129 Å². The van der Waals surface area contributed by atoms with E-state index in [9.17, 15) is 0 Å². The second kappa shape index (κ2) is 5.98. The molecule has 1 fully saturated rings. The van der Waals surface area contributed by atoms with Crippen LogP contribution in [0.2, 0.25) is 0 Å². The molecule has 0 amide bonds. The number of hydrogen-bond acceptors (Lipinski definition) is 3. The van der Waals surface area contributed by atoms with Crippen molar-refractivity contribution in [1.82, 2.24) is 4.90 Å². The monoisotopic (exact) mass is 287 g/mol. The van der Waals surface area contributed by atoms with Crippen LogP contribution >= 0.6 is 0 Å². The molecule has 116 valence electrons. The third-order valence-corrected chi connectivity index (χ3v) is 5.66. The number of fused-ring (bicyclic) bond motifs is 1. The van der Waals surface area contributed by atoms with Crippen LogP contribution in [0.5, 0.6) is 0 Å². The number of hydrogen-bond donors (Lipinski definition) is 1. The summed E-state index contributed by atoms with van der Waals surface area (Å²) in [7, 11) is 2.18. The zero-order chi connectivity index (χ0) is 15.0. The number of likely N-dealkylation sites (tertiary alicyclic amines) is 1. The van der Waals surface area contributed by atoms with Crippen molar-refractivity contribution >= 4 is 5.69 Å². The number of benzene rings is 1. The van der Waals surface area contributed by atoms with Crippen molar-refractivity contribution < 1.29 is 0 Å². The third-order valence-electron chi connectivity index (χ3n) is 5.66. The Balaban J connectivity index is 1.86. The predicted octanol–water partition coefficient (Wildman–Crippen LogP) is 2.80. The van der Waals surface area contributed by atoms with Gasteiger partial charge in [-0.3, -0.25) is 4.90 Å². The highest BCUT2D eigenvalue weighted by molar-refractivity contribution is 5.58. The van der Waals surface area contributed by atoms with Gasteiger partial charge in [-0.25, -0.2) is 0 Å². The molecule has 0 radical (unpaired) electrons. The first-order chi connectivity index (χ1) is 10.1. The van der Waals surface area contributed by atoms with Gasteiger partial charge < -0.3 is 10.6 Å². The summed E-state index contributed by atoms with van der Waals surface area (Å²) in [5.41, 5.74) is 10.5. The van der Waals surface area contributed by atoms with Crippen LogP contribution in [0.4, 0.5) is 5.69 Å². The van der Waals surface area contributed by atoms with Crippen LogP contribution < -0.4 is 10.6 Å². The van der Waals surface area contributed by atoms with Crippen molar-refractivity contribution in [3.63, 3.8) is 0 Å². The topological polar surface area (TPSA) is 32.5 Å². The minimum atomic E-state index is 0.374. The van der Waals surface area contributed by atoms with Crippen LogP contribution in [-0.4, -0.2) is 37.6 Å². The Morgan fingerprint density at radius 2 is 2.10 bits per heavy atom. The Kier molecular flexibility index (Phi) is 4.23. The lowest BCUT2D eigenvalue weighted by atomic mass is 9.89. The largest absolute Gasteiger partial charge is 0.374 e. The van der Waals surface area contributed by atoms with Crippen LogP contribution in [0.3, 0.4) is 0 Å². The molecule has 3 unspecified atom stereocenters. The first-order valence-corrected chi connectivity index (χ1v) is 8.41. The summed E-state index contributed by atoms with van der Waals surface area (Å²) in [5.74, 6) is 0.772. The van der Waals surface area contributed by atoms with E-state index in [4.69, 9.17) is 5.73 Å². The normalized spacial score (nSPS) is 27.7. The maximum atomic E-state index is 6.16. The molecule has 0 aliphatic carbocycles. The smallest absolute Gasteiger partial charge is 0.0473 e. The van der Waals surface area contributed by atoms with Gasteiger partial charge in [0.2, 0.25) is 0 Å². The zero-order valence-corrected chi connectivity index (χ0v) is 13.7. The molecule has 2 aliphatic rings. The number of piperidine rings is 1. The fourth-order valence-corrected chi connectivity index (χ4v) is 4.06. The third kappa shape index (κ3) is 2.69. The van der Waals surface area contributed by atoms with Gasteiger partial charge in [-0.1, -0.05) is 19.1 Å². The Morgan fingerprint density at radius 1 is 1.29 bits per heavy atom. The molecule has 0 saturated carbocycles. The van der Waals surface area contributed by atoms with E-state index < -0.39 is 0 Å². The molecule has 2 N–H and O–H groups in total. The van der Waals surface area contributed by atoms with Crippen molar-refractivity contribution in [2.24, 2.45) is 11.7 Å². The van der Waals surface area contributed by atoms with Gasteiger partial charge in [0.1, 0.15) is 0 Å². The van der Waals surface area contributed by atoms with Crippen molar-refractivity contribution in [1.29, 1.82) is 0 Å². The van der Waals surface area contributed by atoms with E-state index in [1.807, 2.05) is 0 Å². The zero-order valence-electron chi connectivity index (χ0n) is 13.7. The highest BCUT2D eigenvalue weighted by atomic mass is 15.2. The molecular formula is C18H29N3. The van der Waals surface area contributed by atoms with Gasteiger partial charge in [-0.05, 0) is 55.8 Å². The fourth-order valence-electron chi connectivity index (χ4n) is 4.06. The van der Waals surface area contributed by atoms with E-state index in [2.05, 4.69) is 48.9 Å². The lowest BCUT2D eigenvalue weighted by molar-refractivity contribution is 0.0709.